The number of likely N-dealkylation sites (tertiary alicyclic amines) is 1. The molecule has 2 heterocycles. The van der Waals surface area contributed by atoms with E-state index in [1.165, 1.54) is 32.4 Å². The predicted octanol–water partition coefficient (Wildman–Crippen LogP) is 2.70. The lowest BCUT2D eigenvalue weighted by atomic mass is 10.1. The van der Waals surface area contributed by atoms with Crippen molar-refractivity contribution in [1.82, 2.24) is 20.4 Å². The van der Waals surface area contributed by atoms with E-state index in [-0.39, 0.29) is 42.1 Å². The van der Waals surface area contributed by atoms with Crippen LogP contribution in [0.2, 0.25) is 0 Å². The molecule has 0 aromatic heterocycles. The Balaban J connectivity index is 0.00000341. The number of piperidine rings is 1. The van der Waals surface area contributed by atoms with E-state index >= 15 is 0 Å². The Morgan fingerprint density at radius 1 is 1.06 bits per heavy atom. The maximum atomic E-state index is 12.8. The molecule has 0 radical (unpaired) electrons. The van der Waals surface area contributed by atoms with Crippen LogP contribution in [0.1, 0.15) is 49.0 Å². The number of morpholine rings is 1. The van der Waals surface area contributed by atoms with E-state index in [4.69, 9.17) is 4.74 Å². The number of nitrogens with zero attached hydrogens (tertiary/aromatic N) is 3. The second-order valence-corrected chi connectivity index (χ2v) is 8.42. The van der Waals surface area contributed by atoms with Crippen LogP contribution in [0, 0.1) is 0 Å². The monoisotopic (exact) mass is 543 g/mol. The van der Waals surface area contributed by atoms with Crippen LogP contribution in [0.4, 0.5) is 0 Å². The van der Waals surface area contributed by atoms with Crippen molar-refractivity contribution in [2.45, 2.75) is 51.9 Å². The molecule has 2 aliphatic rings. The van der Waals surface area contributed by atoms with Gasteiger partial charge in [-0.1, -0.05) is 18.6 Å². The van der Waals surface area contributed by atoms with Gasteiger partial charge in [0.2, 0.25) is 0 Å². The molecular weight excluding hydrogens is 505 g/mol. The second kappa shape index (κ2) is 13.2. The summed E-state index contributed by atoms with van der Waals surface area (Å²) in [6.45, 7) is 10.3. The highest BCUT2D eigenvalue weighted by Gasteiger charge is 2.26. The van der Waals surface area contributed by atoms with Crippen LogP contribution in [-0.4, -0.2) is 80.2 Å². The number of guanidine groups is 1. The first kappa shape index (κ1) is 25.9. The fourth-order valence-electron chi connectivity index (χ4n) is 4.21. The standard InChI is InChI=1S/C23H37N5O2.HI/c1-18-16-28(17-19(2)30-18)22(29)21-9-7-20(8-10-21)15-26-23(24-3)25-11-14-27-12-5-4-6-13-27;/h7-10,18-19H,4-6,11-17H2,1-3H3,(H2,24,25,26);1H. The third-order valence-electron chi connectivity index (χ3n) is 5.76. The number of ether oxygens (including phenoxy) is 1. The molecule has 1 amide bonds. The first-order valence-electron chi connectivity index (χ1n) is 11.3. The van der Waals surface area contributed by atoms with E-state index in [9.17, 15) is 4.79 Å². The Kier molecular flexibility index (Phi) is 11.0. The maximum Gasteiger partial charge on any atom is 0.254 e. The largest absolute Gasteiger partial charge is 0.372 e. The number of hydrogen-bond donors (Lipinski definition) is 2. The van der Waals surface area contributed by atoms with Gasteiger partial charge in [0.05, 0.1) is 12.2 Å². The van der Waals surface area contributed by atoms with E-state index in [2.05, 4.69) is 20.5 Å². The predicted molar refractivity (Wildman–Crippen MR) is 136 cm³/mol. The van der Waals surface area contributed by atoms with Crippen LogP contribution in [0.5, 0.6) is 0 Å². The van der Waals surface area contributed by atoms with Crippen molar-refractivity contribution in [3.05, 3.63) is 35.4 Å². The Bertz CT molecular complexity index is 696. The van der Waals surface area contributed by atoms with Crippen molar-refractivity contribution in [2.75, 3.05) is 46.3 Å². The third kappa shape index (κ3) is 8.23. The Morgan fingerprint density at radius 3 is 2.32 bits per heavy atom. The van der Waals surface area contributed by atoms with Crippen molar-refractivity contribution in [1.29, 1.82) is 0 Å². The minimum atomic E-state index is 0. The number of aliphatic imine (C=N–C) groups is 1. The minimum absolute atomic E-state index is 0. The molecule has 1 aromatic carbocycles. The molecule has 8 heteroatoms. The van der Waals surface area contributed by atoms with Crippen LogP contribution in [0.25, 0.3) is 0 Å². The molecule has 0 saturated carbocycles. The smallest absolute Gasteiger partial charge is 0.254 e. The Labute approximate surface area is 204 Å². The summed E-state index contributed by atoms with van der Waals surface area (Å²) in [6.07, 6.45) is 4.15. The molecule has 3 rings (SSSR count). The molecule has 31 heavy (non-hydrogen) atoms. The van der Waals surface area contributed by atoms with Crippen LogP contribution in [0.3, 0.4) is 0 Å². The van der Waals surface area contributed by atoms with Crippen LogP contribution in [0.15, 0.2) is 29.3 Å². The van der Waals surface area contributed by atoms with Crippen LogP contribution >= 0.6 is 24.0 Å². The first-order chi connectivity index (χ1) is 14.5. The number of carbonyl (C=O) groups is 1. The van der Waals surface area contributed by atoms with Crippen molar-refractivity contribution in [3.8, 4) is 0 Å². The number of benzene rings is 1. The Morgan fingerprint density at radius 2 is 1.71 bits per heavy atom. The highest BCUT2D eigenvalue weighted by atomic mass is 127. The lowest BCUT2D eigenvalue weighted by molar-refractivity contribution is -0.0586. The van der Waals surface area contributed by atoms with Crippen molar-refractivity contribution in [3.63, 3.8) is 0 Å². The average Bonchev–Trinajstić information content (AvgIpc) is 2.76. The molecule has 0 bridgehead atoms. The van der Waals surface area contributed by atoms with Gasteiger partial charge in [-0.3, -0.25) is 9.79 Å². The molecule has 2 fully saturated rings. The molecule has 1 aromatic rings. The second-order valence-electron chi connectivity index (χ2n) is 8.42. The van der Waals surface area contributed by atoms with Gasteiger partial charge in [-0.25, -0.2) is 0 Å². The molecule has 2 unspecified atom stereocenters. The Hall–Kier alpha value is -1.39. The number of nitrogens with one attached hydrogen (secondary N) is 2. The lowest BCUT2D eigenvalue weighted by Crippen LogP contribution is -2.48. The van der Waals surface area contributed by atoms with Crippen molar-refractivity contribution in [2.24, 2.45) is 4.99 Å². The van der Waals surface area contributed by atoms with Crippen molar-refractivity contribution >= 4 is 35.8 Å². The summed E-state index contributed by atoms with van der Waals surface area (Å²) in [4.78, 5) is 21.5. The normalized spacial score (nSPS) is 22.5. The van der Waals surface area contributed by atoms with Gasteiger partial charge in [-0.2, -0.15) is 0 Å². The van der Waals surface area contributed by atoms with E-state index in [0.29, 0.717) is 19.6 Å². The van der Waals surface area contributed by atoms with Gasteiger partial charge in [0.25, 0.3) is 5.91 Å². The average molecular weight is 543 g/mol. The zero-order valence-electron chi connectivity index (χ0n) is 19.1. The summed E-state index contributed by atoms with van der Waals surface area (Å²) in [7, 11) is 1.79. The topological polar surface area (TPSA) is 69.2 Å². The molecule has 7 nitrogen and oxygen atoms in total. The van der Waals surface area contributed by atoms with Crippen LogP contribution in [-0.2, 0) is 11.3 Å². The number of hydrogen-bond acceptors (Lipinski definition) is 4. The molecule has 174 valence electrons. The first-order valence-corrected chi connectivity index (χ1v) is 11.3. The van der Waals surface area contributed by atoms with Gasteiger partial charge >= 0.3 is 0 Å². The zero-order valence-corrected chi connectivity index (χ0v) is 21.4. The summed E-state index contributed by atoms with van der Waals surface area (Å²) >= 11 is 0. The summed E-state index contributed by atoms with van der Waals surface area (Å²) in [6, 6.07) is 7.84. The number of amides is 1. The molecule has 0 spiro atoms. The fourth-order valence-corrected chi connectivity index (χ4v) is 4.21. The molecule has 0 aliphatic carbocycles. The van der Waals surface area contributed by atoms with Gasteiger partial charge in [-0.05, 0) is 57.5 Å². The van der Waals surface area contributed by atoms with Gasteiger partial charge in [-0.15, -0.1) is 24.0 Å². The quantitative estimate of drug-likeness (QED) is 0.328. The lowest BCUT2D eigenvalue weighted by Gasteiger charge is -2.35. The molecule has 2 saturated heterocycles. The zero-order chi connectivity index (χ0) is 21.3. The highest BCUT2D eigenvalue weighted by molar-refractivity contribution is 14.0. The van der Waals surface area contributed by atoms with E-state index < -0.39 is 0 Å². The van der Waals surface area contributed by atoms with Crippen molar-refractivity contribution < 1.29 is 9.53 Å². The van der Waals surface area contributed by atoms with Gasteiger partial charge < -0.3 is 25.2 Å². The maximum absolute atomic E-state index is 12.8. The molecular formula is C23H38IN5O2. The highest BCUT2D eigenvalue weighted by Crippen LogP contribution is 2.15. The SMILES string of the molecule is CN=C(NCCN1CCCCC1)NCc1ccc(C(=O)N2CC(C)OC(C)C2)cc1.I. The van der Waals surface area contributed by atoms with E-state index in [1.54, 1.807) is 7.05 Å². The number of halogens is 1. The summed E-state index contributed by atoms with van der Waals surface area (Å²) < 4.78 is 5.73. The van der Waals surface area contributed by atoms with Crippen LogP contribution < -0.4 is 10.6 Å². The van der Waals surface area contributed by atoms with Gasteiger partial charge in [0.1, 0.15) is 0 Å². The number of rotatable bonds is 6. The van der Waals surface area contributed by atoms with E-state index in [1.807, 2.05) is 43.0 Å². The molecule has 2 N–H and O–H groups in total. The fraction of sp³-hybridized carbons (Fsp3) is 0.652. The minimum Gasteiger partial charge on any atom is -0.372 e. The number of carbonyl (C=O) groups excluding carboxylic acids is 1. The summed E-state index contributed by atoms with van der Waals surface area (Å²) in [5.74, 6) is 0.884. The van der Waals surface area contributed by atoms with Gasteiger partial charge in [0, 0.05) is 45.3 Å². The van der Waals surface area contributed by atoms with Gasteiger partial charge in [0.15, 0.2) is 5.96 Å². The van der Waals surface area contributed by atoms with E-state index in [0.717, 1.165) is 30.2 Å². The summed E-state index contributed by atoms with van der Waals surface area (Å²) in [5.41, 5.74) is 1.85. The molecule has 2 aliphatic heterocycles. The third-order valence-corrected chi connectivity index (χ3v) is 5.76. The molecule has 2 atom stereocenters. The summed E-state index contributed by atoms with van der Waals surface area (Å²) in [5, 5.41) is 6.75.